The molecule has 0 saturated heterocycles. The highest BCUT2D eigenvalue weighted by Gasteiger charge is 2.07. The summed E-state index contributed by atoms with van der Waals surface area (Å²) < 4.78 is 5.17. The van der Waals surface area contributed by atoms with E-state index in [1.165, 1.54) is 0 Å². The molecule has 3 rings (SSSR count). The van der Waals surface area contributed by atoms with Gasteiger partial charge < -0.3 is 9.72 Å². The Bertz CT molecular complexity index is 776. The van der Waals surface area contributed by atoms with E-state index in [1.807, 2.05) is 42.5 Å². The molecule has 3 aromatic rings. The SMILES string of the molecule is COc1ccc2[nH]cc(-c3ccccc3)c(=O)c2c1. The number of hydrogen-bond acceptors (Lipinski definition) is 2. The lowest BCUT2D eigenvalue weighted by Gasteiger charge is -2.05. The average molecular weight is 251 g/mol. The molecule has 3 nitrogen and oxygen atoms in total. The third kappa shape index (κ3) is 1.99. The maximum Gasteiger partial charge on any atom is 0.197 e. The van der Waals surface area contributed by atoms with Gasteiger partial charge in [0.1, 0.15) is 5.75 Å². The molecule has 1 N–H and O–H groups in total. The second-order valence-electron chi connectivity index (χ2n) is 4.31. The minimum absolute atomic E-state index is 0.0128. The van der Waals surface area contributed by atoms with E-state index in [-0.39, 0.29) is 5.43 Å². The van der Waals surface area contributed by atoms with Crippen LogP contribution < -0.4 is 10.2 Å². The molecule has 94 valence electrons. The van der Waals surface area contributed by atoms with Crippen molar-refractivity contribution in [2.75, 3.05) is 7.11 Å². The van der Waals surface area contributed by atoms with Gasteiger partial charge in [0.2, 0.25) is 0 Å². The number of nitrogens with one attached hydrogen (secondary N) is 1. The third-order valence-electron chi connectivity index (χ3n) is 3.17. The molecule has 0 saturated carbocycles. The van der Waals surface area contributed by atoms with Crippen molar-refractivity contribution in [3.05, 3.63) is 65.0 Å². The van der Waals surface area contributed by atoms with Gasteiger partial charge >= 0.3 is 0 Å². The number of aromatic amines is 1. The zero-order valence-corrected chi connectivity index (χ0v) is 10.5. The maximum absolute atomic E-state index is 12.5. The van der Waals surface area contributed by atoms with Gasteiger partial charge in [-0.3, -0.25) is 4.79 Å². The number of benzene rings is 2. The highest BCUT2D eigenvalue weighted by molar-refractivity contribution is 5.84. The van der Waals surface area contributed by atoms with E-state index < -0.39 is 0 Å². The molecule has 0 unspecified atom stereocenters. The van der Waals surface area contributed by atoms with Crippen LogP contribution in [0.3, 0.4) is 0 Å². The predicted molar refractivity (Wildman–Crippen MR) is 76.6 cm³/mol. The minimum atomic E-state index is 0.0128. The topological polar surface area (TPSA) is 42.1 Å². The lowest BCUT2D eigenvalue weighted by atomic mass is 10.0. The van der Waals surface area contributed by atoms with Gasteiger partial charge in [-0.1, -0.05) is 30.3 Å². The van der Waals surface area contributed by atoms with Crippen molar-refractivity contribution in [2.24, 2.45) is 0 Å². The summed E-state index contributed by atoms with van der Waals surface area (Å²) in [4.78, 5) is 15.7. The van der Waals surface area contributed by atoms with Crippen LogP contribution in [0.25, 0.3) is 22.0 Å². The van der Waals surface area contributed by atoms with Gasteiger partial charge in [0, 0.05) is 22.7 Å². The quantitative estimate of drug-likeness (QED) is 0.760. The van der Waals surface area contributed by atoms with E-state index in [9.17, 15) is 4.79 Å². The number of pyridine rings is 1. The molecular formula is C16H13NO2. The van der Waals surface area contributed by atoms with E-state index in [1.54, 1.807) is 19.4 Å². The van der Waals surface area contributed by atoms with Crippen molar-refractivity contribution in [2.45, 2.75) is 0 Å². The Morgan fingerprint density at radius 3 is 2.58 bits per heavy atom. The van der Waals surface area contributed by atoms with Crippen molar-refractivity contribution in [3.63, 3.8) is 0 Å². The highest BCUT2D eigenvalue weighted by Crippen LogP contribution is 2.20. The van der Waals surface area contributed by atoms with Gasteiger partial charge in [0.05, 0.1) is 7.11 Å². The largest absolute Gasteiger partial charge is 0.497 e. The van der Waals surface area contributed by atoms with Crippen LogP contribution in [-0.4, -0.2) is 12.1 Å². The fraction of sp³-hybridized carbons (Fsp3) is 0.0625. The molecule has 2 aromatic carbocycles. The van der Waals surface area contributed by atoms with E-state index >= 15 is 0 Å². The van der Waals surface area contributed by atoms with Crippen LogP contribution in [-0.2, 0) is 0 Å². The Hall–Kier alpha value is -2.55. The first-order chi connectivity index (χ1) is 9.29. The lowest BCUT2D eigenvalue weighted by Crippen LogP contribution is -2.06. The molecule has 0 aliphatic rings. The molecule has 1 aromatic heterocycles. The number of methoxy groups -OCH3 is 1. The molecule has 0 spiro atoms. The molecule has 1 heterocycles. The summed E-state index contributed by atoms with van der Waals surface area (Å²) in [6.45, 7) is 0. The summed E-state index contributed by atoms with van der Waals surface area (Å²) in [6.07, 6.45) is 1.76. The molecule has 0 aliphatic heterocycles. The number of hydrogen-bond donors (Lipinski definition) is 1. The summed E-state index contributed by atoms with van der Waals surface area (Å²) in [5.41, 5.74) is 2.40. The Labute approximate surface area is 110 Å². The van der Waals surface area contributed by atoms with E-state index in [0.717, 1.165) is 11.1 Å². The number of rotatable bonds is 2. The predicted octanol–water partition coefficient (Wildman–Crippen LogP) is 3.20. The van der Waals surface area contributed by atoms with Crippen LogP contribution in [0.4, 0.5) is 0 Å². The monoisotopic (exact) mass is 251 g/mol. The van der Waals surface area contributed by atoms with E-state index in [2.05, 4.69) is 4.98 Å². The van der Waals surface area contributed by atoms with Gasteiger partial charge in [0.25, 0.3) is 0 Å². The van der Waals surface area contributed by atoms with E-state index in [4.69, 9.17) is 4.74 Å². The second kappa shape index (κ2) is 4.61. The summed E-state index contributed by atoms with van der Waals surface area (Å²) in [6, 6.07) is 15.1. The molecule has 0 bridgehead atoms. The van der Waals surface area contributed by atoms with E-state index in [0.29, 0.717) is 16.7 Å². The van der Waals surface area contributed by atoms with Gasteiger partial charge in [-0.25, -0.2) is 0 Å². The molecule has 3 heteroatoms. The molecule has 0 aliphatic carbocycles. The van der Waals surface area contributed by atoms with Gasteiger partial charge in [0.15, 0.2) is 5.43 Å². The van der Waals surface area contributed by atoms with Crippen LogP contribution in [0.1, 0.15) is 0 Å². The number of H-pyrrole nitrogens is 1. The normalized spacial score (nSPS) is 10.6. The molecule has 19 heavy (non-hydrogen) atoms. The fourth-order valence-corrected chi connectivity index (χ4v) is 2.16. The van der Waals surface area contributed by atoms with Gasteiger partial charge in [-0.05, 0) is 23.8 Å². The molecule has 0 amide bonds. The molecule has 0 radical (unpaired) electrons. The van der Waals surface area contributed by atoms with Crippen molar-refractivity contribution >= 4 is 10.9 Å². The van der Waals surface area contributed by atoms with Gasteiger partial charge in [-0.15, -0.1) is 0 Å². The zero-order chi connectivity index (χ0) is 13.2. The fourth-order valence-electron chi connectivity index (χ4n) is 2.16. The Kier molecular flexibility index (Phi) is 2.80. The molecular weight excluding hydrogens is 238 g/mol. The molecule has 0 atom stereocenters. The molecule has 0 fully saturated rings. The third-order valence-corrected chi connectivity index (χ3v) is 3.17. The van der Waals surface area contributed by atoms with Crippen molar-refractivity contribution in [3.8, 4) is 16.9 Å². The summed E-state index contributed by atoms with van der Waals surface area (Å²) >= 11 is 0. The van der Waals surface area contributed by atoms with Crippen molar-refractivity contribution < 1.29 is 4.74 Å². The minimum Gasteiger partial charge on any atom is -0.497 e. The first kappa shape index (κ1) is 11.5. The standard InChI is InChI=1S/C16H13NO2/c1-19-12-7-8-15-13(9-12)16(18)14(10-17-15)11-5-3-2-4-6-11/h2-10H,1H3,(H,17,18). The van der Waals surface area contributed by atoms with Crippen molar-refractivity contribution in [1.29, 1.82) is 0 Å². The first-order valence-corrected chi connectivity index (χ1v) is 6.04. The van der Waals surface area contributed by atoms with Crippen LogP contribution in [0.2, 0.25) is 0 Å². The van der Waals surface area contributed by atoms with Crippen molar-refractivity contribution in [1.82, 2.24) is 4.98 Å². The summed E-state index contributed by atoms with van der Waals surface area (Å²) in [5.74, 6) is 0.684. The number of ether oxygens (including phenoxy) is 1. The number of aromatic nitrogens is 1. The lowest BCUT2D eigenvalue weighted by molar-refractivity contribution is 0.415. The Morgan fingerprint density at radius 2 is 1.84 bits per heavy atom. The van der Waals surface area contributed by atoms with Crippen LogP contribution in [0, 0.1) is 0 Å². The summed E-state index contributed by atoms with van der Waals surface area (Å²) in [5, 5.41) is 0.640. The number of fused-ring (bicyclic) bond motifs is 1. The first-order valence-electron chi connectivity index (χ1n) is 6.04. The maximum atomic E-state index is 12.5. The Morgan fingerprint density at radius 1 is 1.05 bits per heavy atom. The van der Waals surface area contributed by atoms with Gasteiger partial charge in [-0.2, -0.15) is 0 Å². The smallest absolute Gasteiger partial charge is 0.197 e. The highest BCUT2D eigenvalue weighted by atomic mass is 16.5. The summed E-state index contributed by atoms with van der Waals surface area (Å²) in [7, 11) is 1.59. The average Bonchev–Trinajstić information content (AvgIpc) is 2.48. The second-order valence-corrected chi connectivity index (χ2v) is 4.31. The zero-order valence-electron chi connectivity index (χ0n) is 10.5. The Balaban J connectivity index is 2.29. The van der Waals surface area contributed by atoms with Crippen LogP contribution >= 0.6 is 0 Å². The van der Waals surface area contributed by atoms with Crippen LogP contribution in [0.15, 0.2) is 59.5 Å². The van der Waals surface area contributed by atoms with Crippen LogP contribution in [0.5, 0.6) is 5.75 Å².